The van der Waals surface area contributed by atoms with E-state index in [0.717, 1.165) is 16.7 Å². The van der Waals surface area contributed by atoms with Crippen LogP contribution in [-0.2, 0) is 0 Å². The van der Waals surface area contributed by atoms with Crippen molar-refractivity contribution in [3.8, 4) is 5.69 Å². The summed E-state index contributed by atoms with van der Waals surface area (Å²) in [7, 11) is 0. The number of hydrogen-bond acceptors (Lipinski definition) is 3. The van der Waals surface area contributed by atoms with Crippen LogP contribution in [0.3, 0.4) is 0 Å². The molecule has 21 heavy (non-hydrogen) atoms. The molecule has 2 amide bonds. The quantitative estimate of drug-likeness (QED) is 0.571. The van der Waals surface area contributed by atoms with E-state index < -0.39 is 6.03 Å². The van der Waals surface area contributed by atoms with Gasteiger partial charge in [-0.3, -0.25) is 4.57 Å². The maximum absolute atomic E-state index is 11.3. The van der Waals surface area contributed by atoms with Crippen molar-refractivity contribution in [3.63, 3.8) is 0 Å². The third-order valence-electron chi connectivity index (χ3n) is 3.04. The van der Waals surface area contributed by atoms with Gasteiger partial charge in [0, 0.05) is 18.1 Å². The molecule has 1 heterocycles. The Labute approximate surface area is 121 Å². The fourth-order valence-electron chi connectivity index (χ4n) is 2.10. The smallest absolute Gasteiger partial charge is 0.307 e. The lowest BCUT2D eigenvalue weighted by Crippen LogP contribution is -2.23. The topological polar surface area (TPSA) is 71.3 Å². The van der Waals surface area contributed by atoms with E-state index in [-0.39, 0.29) is 0 Å². The number of imidazole rings is 1. The number of anilines is 1. The molecular weight excluding hydrogens is 266 g/mol. The lowest BCUT2D eigenvalue weighted by atomic mass is 10.2. The summed E-state index contributed by atoms with van der Waals surface area (Å²) in [6.07, 6.45) is 1.78. The number of rotatable bonds is 3. The van der Waals surface area contributed by atoms with Gasteiger partial charge in [0.2, 0.25) is 0 Å². The van der Waals surface area contributed by atoms with Crippen LogP contribution in [0.4, 0.5) is 10.5 Å². The molecule has 0 aliphatic heterocycles. The standard InChI is InChI=1S/C15H13N5O/c1-16-19-15(21)18-11-6-8-12(9-7-11)20-10-17-13-4-2-3-5-14(13)20/h2-10H,1H2,(H2,18,19,21). The first kappa shape index (κ1) is 12.9. The highest BCUT2D eigenvalue weighted by molar-refractivity contribution is 5.89. The number of carbonyl (C=O) groups is 1. The number of hydrogen-bond donors (Lipinski definition) is 2. The van der Waals surface area contributed by atoms with E-state index >= 15 is 0 Å². The molecule has 0 saturated heterocycles. The summed E-state index contributed by atoms with van der Waals surface area (Å²) in [6, 6.07) is 14.9. The van der Waals surface area contributed by atoms with Crippen LogP contribution >= 0.6 is 0 Å². The maximum atomic E-state index is 11.3. The molecule has 6 heteroatoms. The summed E-state index contributed by atoms with van der Waals surface area (Å²) < 4.78 is 1.99. The molecule has 0 spiro atoms. The zero-order valence-electron chi connectivity index (χ0n) is 11.2. The molecule has 2 N–H and O–H groups in total. The van der Waals surface area contributed by atoms with Crippen molar-refractivity contribution in [1.82, 2.24) is 15.0 Å². The lowest BCUT2D eigenvalue weighted by Gasteiger charge is -2.07. The van der Waals surface area contributed by atoms with Gasteiger partial charge in [0.1, 0.15) is 6.33 Å². The number of aromatic nitrogens is 2. The molecule has 0 aliphatic rings. The SMILES string of the molecule is C=NNC(=O)Nc1ccc(-n2cnc3ccccc32)cc1. The fourth-order valence-corrected chi connectivity index (χ4v) is 2.10. The molecule has 0 unspecified atom stereocenters. The average molecular weight is 279 g/mol. The van der Waals surface area contributed by atoms with Crippen LogP contribution < -0.4 is 10.7 Å². The maximum Gasteiger partial charge on any atom is 0.339 e. The number of nitrogens with one attached hydrogen (secondary N) is 2. The first-order valence-electron chi connectivity index (χ1n) is 6.33. The van der Waals surface area contributed by atoms with Gasteiger partial charge in [-0.15, -0.1) is 0 Å². The Kier molecular flexibility index (Phi) is 3.34. The zero-order chi connectivity index (χ0) is 14.7. The largest absolute Gasteiger partial charge is 0.339 e. The molecule has 0 aliphatic carbocycles. The summed E-state index contributed by atoms with van der Waals surface area (Å²) in [5.41, 5.74) is 5.82. The number of benzene rings is 2. The van der Waals surface area contributed by atoms with E-state index in [2.05, 4.69) is 27.5 Å². The van der Waals surface area contributed by atoms with Gasteiger partial charge in [0.25, 0.3) is 0 Å². The Morgan fingerprint density at radius 1 is 1.14 bits per heavy atom. The summed E-state index contributed by atoms with van der Waals surface area (Å²) >= 11 is 0. The fraction of sp³-hybridized carbons (Fsp3) is 0. The minimum Gasteiger partial charge on any atom is -0.307 e. The minimum absolute atomic E-state index is 0.425. The molecule has 0 fully saturated rings. The Morgan fingerprint density at radius 2 is 1.90 bits per heavy atom. The number of carbonyl (C=O) groups excluding carboxylic acids is 1. The molecule has 0 radical (unpaired) electrons. The zero-order valence-corrected chi connectivity index (χ0v) is 11.2. The van der Waals surface area contributed by atoms with Gasteiger partial charge >= 0.3 is 6.03 Å². The van der Waals surface area contributed by atoms with Gasteiger partial charge in [-0.2, -0.15) is 5.10 Å². The molecule has 6 nitrogen and oxygen atoms in total. The van der Waals surface area contributed by atoms with E-state index in [9.17, 15) is 4.79 Å². The van der Waals surface area contributed by atoms with Crippen molar-refractivity contribution in [3.05, 3.63) is 54.9 Å². The van der Waals surface area contributed by atoms with Crippen molar-refractivity contribution in [2.24, 2.45) is 5.10 Å². The van der Waals surface area contributed by atoms with Crippen molar-refractivity contribution in [2.45, 2.75) is 0 Å². The molecule has 104 valence electrons. The molecule has 0 bridgehead atoms. The number of fused-ring (bicyclic) bond motifs is 1. The normalized spacial score (nSPS) is 10.3. The van der Waals surface area contributed by atoms with Gasteiger partial charge in [0.15, 0.2) is 0 Å². The highest BCUT2D eigenvalue weighted by atomic mass is 16.2. The van der Waals surface area contributed by atoms with Gasteiger partial charge in [-0.05, 0) is 36.4 Å². The minimum atomic E-state index is -0.425. The van der Waals surface area contributed by atoms with E-state index in [1.807, 2.05) is 53.1 Å². The van der Waals surface area contributed by atoms with Gasteiger partial charge < -0.3 is 5.32 Å². The number of nitrogens with zero attached hydrogens (tertiary/aromatic N) is 3. The second-order valence-electron chi connectivity index (χ2n) is 4.37. The first-order valence-corrected chi connectivity index (χ1v) is 6.33. The second kappa shape index (κ2) is 5.46. The monoisotopic (exact) mass is 279 g/mol. The number of urea groups is 1. The molecule has 2 aromatic carbocycles. The summed E-state index contributed by atoms with van der Waals surface area (Å²) in [5.74, 6) is 0. The van der Waals surface area contributed by atoms with Gasteiger partial charge in [0.05, 0.1) is 11.0 Å². The lowest BCUT2D eigenvalue weighted by molar-refractivity contribution is 0.252. The van der Waals surface area contributed by atoms with Crippen LogP contribution in [0.15, 0.2) is 60.0 Å². The predicted octanol–water partition coefficient (Wildman–Crippen LogP) is 2.76. The summed E-state index contributed by atoms with van der Waals surface area (Å²) in [4.78, 5) is 15.7. The van der Waals surface area contributed by atoms with Crippen LogP contribution in [0.5, 0.6) is 0 Å². The van der Waals surface area contributed by atoms with Crippen LogP contribution in [0, 0.1) is 0 Å². The number of para-hydroxylation sites is 2. The number of hydrazone groups is 1. The number of amides is 2. The van der Waals surface area contributed by atoms with E-state index in [1.54, 1.807) is 6.33 Å². The molecular formula is C15H13N5O. The average Bonchev–Trinajstić information content (AvgIpc) is 2.92. The highest BCUT2D eigenvalue weighted by Gasteiger charge is 2.04. The molecule has 0 atom stereocenters. The van der Waals surface area contributed by atoms with Crippen molar-refractivity contribution < 1.29 is 4.79 Å². The third kappa shape index (κ3) is 2.59. The third-order valence-corrected chi connectivity index (χ3v) is 3.04. The molecule has 0 saturated carbocycles. The Hall–Kier alpha value is -3.15. The van der Waals surface area contributed by atoms with Gasteiger partial charge in [-0.25, -0.2) is 15.2 Å². The van der Waals surface area contributed by atoms with Crippen molar-refractivity contribution in [2.75, 3.05) is 5.32 Å². The molecule has 1 aromatic heterocycles. The van der Waals surface area contributed by atoms with E-state index in [1.165, 1.54) is 0 Å². The Morgan fingerprint density at radius 3 is 2.67 bits per heavy atom. The molecule has 3 aromatic rings. The summed E-state index contributed by atoms with van der Waals surface area (Å²) in [5, 5.41) is 5.94. The summed E-state index contributed by atoms with van der Waals surface area (Å²) in [6.45, 7) is 3.19. The predicted molar refractivity (Wildman–Crippen MR) is 82.8 cm³/mol. The van der Waals surface area contributed by atoms with Crippen LogP contribution in [0.2, 0.25) is 0 Å². The molecule has 3 rings (SSSR count). The van der Waals surface area contributed by atoms with Crippen LogP contribution in [0.25, 0.3) is 16.7 Å². The van der Waals surface area contributed by atoms with Crippen molar-refractivity contribution >= 4 is 29.5 Å². The van der Waals surface area contributed by atoms with E-state index in [4.69, 9.17) is 0 Å². The van der Waals surface area contributed by atoms with Crippen molar-refractivity contribution in [1.29, 1.82) is 0 Å². The van der Waals surface area contributed by atoms with Crippen LogP contribution in [0.1, 0.15) is 0 Å². The van der Waals surface area contributed by atoms with E-state index in [0.29, 0.717) is 5.69 Å². The Bertz CT molecular complexity index is 791. The van der Waals surface area contributed by atoms with Crippen LogP contribution in [-0.4, -0.2) is 22.3 Å². The highest BCUT2D eigenvalue weighted by Crippen LogP contribution is 2.19. The second-order valence-corrected chi connectivity index (χ2v) is 4.37. The Balaban J connectivity index is 1.87. The van der Waals surface area contributed by atoms with Gasteiger partial charge in [-0.1, -0.05) is 12.1 Å². The first-order chi connectivity index (χ1) is 10.3.